The molecule has 0 aliphatic carbocycles. The van der Waals surface area contributed by atoms with Crippen LogP contribution in [0.25, 0.3) is 0 Å². The van der Waals surface area contributed by atoms with Gasteiger partial charge in [-0.05, 0) is 54.5 Å². The first-order valence-electron chi connectivity index (χ1n) is 26.8. The maximum absolute atomic E-state index is 14.7. The van der Waals surface area contributed by atoms with Gasteiger partial charge in [0.1, 0.15) is 5.78 Å². The Morgan fingerprint density at radius 2 is 1.44 bits per heavy atom. The molecule has 1 aliphatic heterocycles. The summed E-state index contributed by atoms with van der Waals surface area (Å²) < 4.78 is 31.3. The van der Waals surface area contributed by atoms with Crippen LogP contribution >= 0.6 is 7.44 Å². The molecule has 5 amide bonds. The van der Waals surface area contributed by atoms with Crippen LogP contribution in [0, 0.1) is 41.0 Å². The van der Waals surface area contributed by atoms with E-state index in [0.717, 1.165) is 5.56 Å². The number of rotatable bonds is 36. The molecule has 2 rings (SSSR count). The minimum atomic E-state index is -4.68. The number of carbonyl (C=O) groups excluding carboxylic acids is 7. The molecule has 446 valence electrons. The summed E-state index contributed by atoms with van der Waals surface area (Å²) in [5, 5.41) is 27.8. The van der Waals surface area contributed by atoms with Gasteiger partial charge in [0.25, 0.3) is 5.91 Å². The summed E-state index contributed by atoms with van der Waals surface area (Å²) in [7, 11) is 1.36. The number of carbonyl (C=O) groups is 10. The van der Waals surface area contributed by atoms with Crippen molar-refractivity contribution in [1.82, 2.24) is 19.5 Å². The molecule has 25 heteroatoms. The summed E-state index contributed by atoms with van der Waals surface area (Å²) in [6.07, 6.45) is 0.485. The largest absolute Gasteiger partial charge is 0.481 e. The molecular weight excluding hydrogens is 1060 g/mol. The monoisotopic (exact) mass is 1150 g/mol. The van der Waals surface area contributed by atoms with Gasteiger partial charge in [-0.25, -0.2) is 24.8 Å². The average Bonchev–Trinajstić information content (AvgIpc) is 3.90. The Balaban J connectivity index is 2.21. The first-order chi connectivity index (χ1) is 37.5. The van der Waals surface area contributed by atoms with Crippen molar-refractivity contribution in [3.05, 3.63) is 60.2 Å². The molecule has 0 spiro atoms. The van der Waals surface area contributed by atoms with Crippen molar-refractivity contribution in [1.29, 1.82) is 5.53 Å². The summed E-state index contributed by atoms with van der Waals surface area (Å²) in [6.45, 7) is 12.7. The fourth-order valence-corrected chi connectivity index (χ4v) is 12.1. The fraction of sp³-hybridized carbons (Fsp3) is 0.636. The molecule has 80 heavy (non-hydrogen) atoms. The van der Waals surface area contributed by atoms with Crippen LogP contribution < -0.4 is 5.84 Å². The lowest BCUT2D eigenvalue weighted by Crippen LogP contribution is -2.54. The van der Waals surface area contributed by atoms with Crippen molar-refractivity contribution < 1.29 is 86.5 Å². The number of nitrogens with two attached hydrogens (primary N) is 1. The summed E-state index contributed by atoms with van der Waals surface area (Å²) in [5.74, 6) is -6.39. The number of amides is 5. The van der Waals surface area contributed by atoms with Crippen LogP contribution in [-0.4, -0.2) is 183 Å². The Morgan fingerprint density at radius 1 is 0.825 bits per heavy atom. The number of Topliss-reactive ketones (excluding diaryl/α,β-unsaturated/α-hetero) is 2. The van der Waals surface area contributed by atoms with Gasteiger partial charge in [-0.15, -0.1) is 0 Å². The van der Waals surface area contributed by atoms with Gasteiger partial charge in [-0.3, -0.25) is 33.6 Å². The molecular formula is C55H85N7O17P+. The normalized spacial score (nSPS) is 17.4. The van der Waals surface area contributed by atoms with E-state index >= 15 is 0 Å². The van der Waals surface area contributed by atoms with E-state index in [-0.39, 0.29) is 96.2 Å². The molecule has 24 nitrogen and oxygen atoms in total. The molecule has 6 N–H and O–H groups in total. The number of hydrazine groups is 1. The lowest BCUT2D eigenvalue weighted by molar-refractivity contribution is -0.398. The fourth-order valence-electron chi connectivity index (χ4n) is 10.2. The molecule has 1 fully saturated rings. The van der Waals surface area contributed by atoms with Gasteiger partial charge in [-0.1, -0.05) is 85.2 Å². The third-order valence-electron chi connectivity index (χ3n) is 14.8. The highest BCUT2D eigenvalue weighted by molar-refractivity contribution is 7.56. The van der Waals surface area contributed by atoms with Crippen LogP contribution in [-0.2, 0) is 73.1 Å². The van der Waals surface area contributed by atoms with Crippen LogP contribution in [0.1, 0.15) is 105 Å². The van der Waals surface area contributed by atoms with E-state index in [4.69, 9.17) is 35.8 Å². The third kappa shape index (κ3) is 20.0. The summed E-state index contributed by atoms with van der Waals surface area (Å²) >= 11 is 0. The number of nitrogens with zero attached hydrogens (tertiary/aromatic N) is 5. The molecule has 1 heterocycles. The number of likely N-dealkylation sites (N-methyl/N-ethyl adjacent to an activating group) is 2. The molecule has 1 saturated heterocycles. The number of hydrogen-bond acceptors (Lipinski definition) is 16. The summed E-state index contributed by atoms with van der Waals surface area (Å²) in [4.78, 5) is 135. The Kier molecular flexibility index (Phi) is 29.2. The zero-order chi connectivity index (χ0) is 60.8. The van der Waals surface area contributed by atoms with Crippen LogP contribution in [0.5, 0.6) is 0 Å². The van der Waals surface area contributed by atoms with E-state index in [1.54, 1.807) is 37.6 Å². The number of carboxylic acid groups (broad SMARTS) is 3. The van der Waals surface area contributed by atoms with Gasteiger partial charge in [-0.2, -0.15) is 4.78 Å². The summed E-state index contributed by atoms with van der Waals surface area (Å²) in [6, 6.07) is 7.01. The Bertz CT molecular complexity index is 2450. The summed E-state index contributed by atoms with van der Waals surface area (Å²) in [5.41, 5.74) is 8.93. The van der Waals surface area contributed by atoms with Gasteiger partial charge in [0, 0.05) is 88.8 Å². The van der Waals surface area contributed by atoms with E-state index in [9.17, 15) is 57.6 Å². The number of ketones is 2. The topological polar surface area (TPSA) is 342 Å². The van der Waals surface area contributed by atoms with Gasteiger partial charge < -0.3 is 44.2 Å². The van der Waals surface area contributed by atoms with Gasteiger partial charge in [0.05, 0.1) is 67.9 Å². The lowest BCUT2D eigenvalue weighted by atomic mass is 9.83. The number of nitrogens with one attached hydrogen (secondary N) is 1. The molecule has 0 radical (unpaired) electrons. The number of carboxylic acids is 3. The number of hydrogen-bond donors (Lipinski definition) is 5. The van der Waals surface area contributed by atoms with Crippen LogP contribution in [0.3, 0.4) is 0 Å². The number of methoxy groups -OCH3 is 2. The van der Waals surface area contributed by atoms with E-state index < -0.39 is 103 Å². The standard InChI is InChI=1S/C55H84N7O17P/c1-12-36(6)52(44(77-10)33-48(68)60-26-16-20-41(60)53(78-11)37(7)42(63)31-39(55(74)75)30-38-18-14-13-15-19-38)59(9)54(73)40(34(2)3)32-43(64)51(35(4)5)58(8)45(65)25-28-79-27-17-29-80(76,61(56)46(66)21-23-49(69)70)62(57)47(67)22-24-50(71)72/h13-15,18-19,21-24,34-37,39-41,44,51-53,56H,12,16-17,20,25-33,57H2,1-11H3,(H2-,69,70,71,72,74,75)/p+1/b23-21-,24-22-,61-56?/t36-,37-,39+,40-,41-,44+,51-,52-,53+,80?/m0/s1. The van der Waals surface area contributed by atoms with Crippen molar-refractivity contribution in [2.45, 2.75) is 137 Å². The van der Waals surface area contributed by atoms with E-state index in [1.165, 1.54) is 26.2 Å². The van der Waals surface area contributed by atoms with Crippen molar-refractivity contribution in [3.63, 3.8) is 0 Å². The number of ether oxygens (including phenoxy) is 3. The van der Waals surface area contributed by atoms with Crippen LogP contribution in [0.4, 0.5) is 0 Å². The highest BCUT2D eigenvalue weighted by Crippen LogP contribution is 2.49. The van der Waals surface area contributed by atoms with E-state index in [1.807, 2.05) is 58.0 Å². The zero-order valence-electron chi connectivity index (χ0n) is 48.1. The van der Waals surface area contributed by atoms with Crippen LogP contribution in [0.15, 0.2) is 54.6 Å². The highest BCUT2D eigenvalue weighted by atomic mass is 31.2. The molecule has 0 bridgehead atoms. The second-order valence-corrected chi connectivity index (χ2v) is 23.6. The average molecular weight is 1150 g/mol. The molecule has 1 aromatic carbocycles. The molecule has 0 aromatic heterocycles. The maximum atomic E-state index is 14.7. The predicted octanol–water partition coefficient (Wildman–Crippen LogP) is 5.07. The second-order valence-electron chi connectivity index (χ2n) is 21.0. The first-order valence-corrected chi connectivity index (χ1v) is 28.6. The first kappa shape index (κ1) is 69.8. The van der Waals surface area contributed by atoms with E-state index in [2.05, 4.69) is 0 Å². The van der Waals surface area contributed by atoms with Crippen molar-refractivity contribution in [2.24, 2.45) is 41.4 Å². The Morgan fingerprint density at radius 3 is 1.98 bits per heavy atom. The predicted molar refractivity (Wildman–Crippen MR) is 291 cm³/mol. The molecule has 1 unspecified atom stereocenters. The SMILES string of the molecule is CC[C@H](C)[C@@H]([C@@H](CC(=O)N1CCC[C@H]1[C@H](OC)[C@@H](C)C(=O)C[C@@H](Cc1ccccc1)C(=O)O)OC)N(C)C(=O)[C@@H](CC(=O)[C@H](C(C)C)N(C)C(=O)CCOCCCP(=O)(N(N)C(=O)/C=C\C(=O)O)[N+](=N)C(=O)/C=C\C(=O)O)C(C)C. The molecule has 10 atom stereocenters. The van der Waals surface area contributed by atoms with Gasteiger partial charge in [0.2, 0.25) is 17.7 Å². The maximum Gasteiger partial charge on any atom is 0.463 e. The number of benzene rings is 1. The van der Waals surface area contributed by atoms with Crippen LogP contribution in [0.2, 0.25) is 0 Å². The van der Waals surface area contributed by atoms with Crippen molar-refractivity contribution in [2.75, 3.05) is 54.2 Å². The van der Waals surface area contributed by atoms with Crippen molar-refractivity contribution in [3.8, 4) is 0 Å². The highest BCUT2D eigenvalue weighted by Gasteiger charge is 2.48. The number of likely N-dealkylation sites (tertiary alicyclic amines) is 1. The molecule has 1 aliphatic rings. The van der Waals surface area contributed by atoms with Crippen molar-refractivity contribution >= 4 is 66.5 Å². The third-order valence-corrected chi connectivity index (χ3v) is 17.4. The van der Waals surface area contributed by atoms with Gasteiger partial charge in [0.15, 0.2) is 5.78 Å². The molecule has 0 saturated carbocycles. The molecule has 1 aromatic rings. The Labute approximate surface area is 468 Å². The van der Waals surface area contributed by atoms with Gasteiger partial charge >= 0.3 is 31.3 Å². The Hall–Kier alpha value is -6.33. The smallest absolute Gasteiger partial charge is 0.463 e. The number of aliphatic carboxylic acids is 3. The minimum absolute atomic E-state index is 0.0293. The lowest BCUT2D eigenvalue weighted by Gasteiger charge is -2.41. The minimum Gasteiger partial charge on any atom is -0.481 e. The quantitative estimate of drug-likeness (QED) is 0.0111. The zero-order valence-corrected chi connectivity index (χ0v) is 49.0. The van der Waals surface area contributed by atoms with E-state index in [0.29, 0.717) is 50.1 Å². The second kappa shape index (κ2) is 33.4.